The van der Waals surface area contributed by atoms with Crippen LogP contribution in [0.15, 0.2) is 89.4 Å². The van der Waals surface area contributed by atoms with E-state index < -0.39 is 11.9 Å². The fraction of sp³-hybridized carbons (Fsp3) is 0.200. The summed E-state index contributed by atoms with van der Waals surface area (Å²) in [5.41, 5.74) is 4.09. The van der Waals surface area contributed by atoms with Crippen molar-refractivity contribution >= 4 is 40.4 Å². The van der Waals surface area contributed by atoms with Gasteiger partial charge in [0, 0.05) is 35.6 Å². The Bertz CT molecular complexity index is 1390. The molecule has 7 heteroatoms. The van der Waals surface area contributed by atoms with E-state index in [2.05, 4.69) is 24.1 Å². The molecule has 188 valence electrons. The van der Waals surface area contributed by atoms with Crippen LogP contribution in [0.25, 0.3) is 0 Å². The minimum atomic E-state index is -0.579. The van der Waals surface area contributed by atoms with E-state index >= 15 is 0 Å². The van der Waals surface area contributed by atoms with Crippen molar-refractivity contribution in [3.05, 3.63) is 101 Å². The second-order valence-electron chi connectivity index (χ2n) is 8.37. The zero-order valence-electron chi connectivity index (χ0n) is 21.2. The maximum Gasteiger partial charge on any atom is 0.338 e. The number of carbonyl (C=O) groups excluding carboxylic acids is 3. The number of allylic oxidation sites excluding steroid dienone is 1. The zero-order chi connectivity index (χ0) is 26.4. The van der Waals surface area contributed by atoms with Crippen LogP contribution in [-0.4, -0.2) is 43.1 Å². The molecule has 3 aromatic rings. The Kier molecular flexibility index (Phi) is 7.93. The number of rotatable bonds is 8. The topological polar surface area (TPSA) is 88.1 Å². The van der Waals surface area contributed by atoms with Crippen molar-refractivity contribution in [3.8, 4) is 0 Å². The molecule has 0 saturated heterocycles. The summed E-state index contributed by atoms with van der Waals surface area (Å²) in [4.78, 5) is 45.5. The summed E-state index contributed by atoms with van der Waals surface area (Å²) < 4.78 is 5.03. The third kappa shape index (κ3) is 5.67. The average molecular weight is 496 g/mol. The highest BCUT2D eigenvalue weighted by atomic mass is 16.5. The smallest absolute Gasteiger partial charge is 0.338 e. The lowest BCUT2D eigenvalue weighted by atomic mass is 9.88. The second-order valence-corrected chi connectivity index (χ2v) is 8.37. The van der Waals surface area contributed by atoms with E-state index in [1.165, 1.54) is 12.1 Å². The molecule has 0 unspecified atom stereocenters. The minimum absolute atomic E-state index is 0.0289. The van der Waals surface area contributed by atoms with Gasteiger partial charge < -0.3 is 15.0 Å². The van der Waals surface area contributed by atoms with Crippen molar-refractivity contribution < 1.29 is 19.1 Å². The van der Waals surface area contributed by atoms with Gasteiger partial charge in [-0.1, -0.05) is 30.3 Å². The fourth-order valence-electron chi connectivity index (χ4n) is 4.19. The van der Waals surface area contributed by atoms with Gasteiger partial charge in [-0.15, -0.1) is 0 Å². The molecule has 4 rings (SSSR count). The number of Topliss-reactive ketones (excluding diaryl/α,β-unsaturated/α-hetero) is 1. The number of benzene rings is 3. The van der Waals surface area contributed by atoms with Crippen molar-refractivity contribution in [2.45, 2.75) is 20.8 Å². The van der Waals surface area contributed by atoms with Gasteiger partial charge in [-0.25, -0.2) is 9.79 Å². The minimum Gasteiger partial charge on any atom is -0.462 e. The Morgan fingerprint density at radius 3 is 2.27 bits per heavy atom. The number of fused-ring (bicyclic) bond motifs is 1. The summed E-state index contributed by atoms with van der Waals surface area (Å²) >= 11 is 0. The molecule has 7 nitrogen and oxygen atoms in total. The standard InChI is InChI=1S/C30H29N3O4/c1-4-33(5-2)23-16-14-21(15-17-23)31-27-19-26(28(34)25-13-8-7-12-24(25)27)29(35)32-22-11-9-10-20(18-22)30(36)37-6-3/h7-19H,4-6H2,1-3H3,(H,32,35). The third-order valence-electron chi connectivity index (χ3n) is 6.08. The van der Waals surface area contributed by atoms with E-state index in [-0.39, 0.29) is 18.0 Å². The van der Waals surface area contributed by atoms with Gasteiger partial charge >= 0.3 is 5.97 Å². The Morgan fingerprint density at radius 1 is 0.892 bits per heavy atom. The number of anilines is 2. The monoisotopic (exact) mass is 495 g/mol. The van der Waals surface area contributed by atoms with Crippen LogP contribution in [0.4, 0.5) is 17.1 Å². The first-order valence-corrected chi connectivity index (χ1v) is 12.3. The molecule has 0 fully saturated rings. The zero-order valence-corrected chi connectivity index (χ0v) is 21.2. The Hall–Kier alpha value is -4.52. The van der Waals surface area contributed by atoms with Gasteiger partial charge in [-0.05, 0) is 69.3 Å². The van der Waals surface area contributed by atoms with Crippen LogP contribution < -0.4 is 10.2 Å². The number of aliphatic imine (C=N–C) groups is 1. The van der Waals surface area contributed by atoms with Crippen LogP contribution in [0, 0.1) is 0 Å². The number of esters is 1. The Balaban J connectivity index is 1.66. The van der Waals surface area contributed by atoms with Crippen LogP contribution in [-0.2, 0) is 9.53 Å². The van der Waals surface area contributed by atoms with Crippen molar-refractivity contribution in [2.24, 2.45) is 4.99 Å². The summed E-state index contributed by atoms with van der Waals surface area (Å²) in [6.45, 7) is 8.00. The van der Waals surface area contributed by atoms with E-state index in [0.717, 1.165) is 18.8 Å². The average Bonchev–Trinajstić information content (AvgIpc) is 2.92. The third-order valence-corrected chi connectivity index (χ3v) is 6.08. The highest BCUT2D eigenvalue weighted by Crippen LogP contribution is 2.27. The normalized spacial score (nSPS) is 13.5. The highest BCUT2D eigenvalue weighted by Gasteiger charge is 2.28. The van der Waals surface area contributed by atoms with E-state index in [0.29, 0.717) is 33.8 Å². The first-order chi connectivity index (χ1) is 17.9. The lowest BCUT2D eigenvalue weighted by molar-refractivity contribution is -0.112. The molecule has 0 bridgehead atoms. The fourth-order valence-corrected chi connectivity index (χ4v) is 4.19. The summed E-state index contributed by atoms with van der Waals surface area (Å²) in [6, 6.07) is 21.4. The number of carbonyl (C=O) groups is 3. The number of ether oxygens (including phenoxy) is 1. The largest absolute Gasteiger partial charge is 0.462 e. The van der Waals surface area contributed by atoms with Crippen molar-refractivity contribution in [1.29, 1.82) is 0 Å². The molecule has 0 atom stereocenters. The molecule has 0 saturated carbocycles. The molecule has 1 aliphatic carbocycles. The number of hydrogen-bond donors (Lipinski definition) is 1. The number of hydrogen-bond acceptors (Lipinski definition) is 6. The quantitative estimate of drug-likeness (QED) is 0.325. The van der Waals surface area contributed by atoms with E-state index in [1.54, 1.807) is 37.3 Å². The van der Waals surface area contributed by atoms with Gasteiger partial charge in [-0.3, -0.25) is 9.59 Å². The maximum atomic E-state index is 13.2. The molecule has 0 heterocycles. The summed E-state index contributed by atoms with van der Waals surface area (Å²) in [7, 11) is 0. The molecule has 0 aromatic heterocycles. The lowest BCUT2D eigenvalue weighted by Crippen LogP contribution is -2.26. The highest BCUT2D eigenvalue weighted by molar-refractivity contribution is 6.37. The van der Waals surface area contributed by atoms with E-state index in [4.69, 9.17) is 9.73 Å². The van der Waals surface area contributed by atoms with E-state index in [1.807, 2.05) is 36.4 Å². The van der Waals surface area contributed by atoms with Gasteiger partial charge in [0.25, 0.3) is 5.91 Å². The molecule has 0 radical (unpaired) electrons. The molecule has 37 heavy (non-hydrogen) atoms. The van der Waals surface area contributed by atoms with Crippen LogP contribution in [0.1, 0.15) is 47.1 Å². The molecule has 1 amide bonds. The molecule has 3 aromatic carbocycles. The molecule has 0 aliphatic heterocycles. The van der Waals surface area contributed by atoms with Crippen LogP contribution in [0.5, 0.6) is 0 Å². The molecule has 1 N–H and O–H groups in total. The van der Waals surface area contributed by atoms with Gasteiger partial charge in [0.15, 0.2) is 5.78 Å². The second kappa shape index (κ2) is 11.5. The van der Waals surface area contributed by atoms with Crippen LogP contribution in [0.3, 0.4) is 0 Å². The van der Waals surface area contributed by atoms with Gasteiger partial charge in [0.1, 0.15) is 0 Å². The van der Waals surface area contributed by atoms with Gasteiger partial charge in [0.05, 0.1) is 29.1 Å². The number of nitrogens with zero attached hydrogens (tertiary/aromatic N) is 2. The maximum absolute atomic E-state index is 13.2. The Morgan fingerprint density at radius 2 is 1.59 bits per heavy atom. The number of ketones is 1. The van der Waals surface area contributed by atoms with Crippen molar-refractivity contribution in [2.75, 3.05) is 29.9 Å². The number of nitrogens with one attached hydrogen (secondary N) is 1. The van der Waals surface area contributed by atoms with Crippen molar-refractivity contribution in [3.63, 3.8) is 0 Å². The summed E-state index contributed by atoms with van der Waals surface area (Å²) in [6.07, 6.45) is 1.52. The number of amides is 1. The summed E-state index contributed by atoms with van der Waals surface area (Å²) in [5, 5.41) is 2.73. The molecular formula is C30H29N3O4. The van der Waals surface area contributed by atoms with Crippen molar-refractivity contribution in [1.82, 2.24) is 0 Å². The molecule has 0 spiro atoms. The summed E-state index contributed by atoms with van der Waals surface area (Å²) in [5.74, 6) is -1.45. The predicted octanol–water partition coefficient (Wildman–Crippen LogP) is 5.59. The first kappa shape index (κ1) is 25.6. The van der Waals surface area contributed by atoms with Crippen LogP contribution in [0.2, 0.25) is 0 Å². The molecule has 1 aliphatic rings. The van der Waals surface area contributed by atoms with Gasteiger partial charge in [0.2, 0.25) is 0 Å². The van der Waals surface area contributed by atoms with E-state index in [9.17, 15) is 14.4 Å². The van der Waals surface area contributed by atoms with Crippen LogP contribution >= 0.6 is 0 Å². The first-order valence-electron chi connectivity index (χ1n) is 12.3. The Labute approximate surface area is 216 Å². The predicted molar refractivity (Wildman–Crippen MR) is 146 cm³/mol. The SMILES string of the molecule is CCOC(=O)c1cccc(NC(=O)C2=CC(=Nc3ccc(N(CC)CC)cc3)c3ccccc3C2=O)c1. The molecular weight excluding hydrogens is 466 g/mol. The van der Waals surface area contributed by atoms with Gasteiger partial charge in [-0.2, -0.15) is 0 Å². The lowest BCUT2D eigenvalue weighted by Gasteiger charge is -2.21.